The molecule has 0 aliphatic carbocycles. The predicted octanol–water partition coefficient (Wildman–Crippen LogP) is 7.42. The zero-order valence-corrected chi connectivity index (χ0v) is 17.8. The topological polar surface area (TPSA) is 3.24 Å². The van der Waals surface area contributed by atoms with E-state index >= 15 is 0 Å². The van der Waals surface area contributed by atoms with E-state index in [0.717, 1.165) is 12.8 Å². The van der Waals surface area contributed by atoms with Gasteiger partial charge >= 0.3 is 0 Å². The number of likely N-dealkylation sites (N-methyl/N-ethyl adjacent to an activating group) is 1. The molecule has 148 valence electrons. The van der Waals surface area contributed by atoms with Gasteiger partial charge in [0.05, 0.1) is 0 Å². The van der Waals surface area contributed by atoms with E-state index in [1.807, 2.05) is 0 Å². The van der Waals surface area contributed by atoms with Crippen LogP contribution in [0.5, 0.6) is 0 Å². The maximum Gasteiger partial charge on any atom is 0.0385 e. The highest BCUT2D eigenvalue weighted by Gasteiger charge is 2.28. The van der Waals surface area contributed by atoms with Crippen LogP contribution >= 0.6 is 0 Å². The van der Waals surface area contributed by atoms with Gasteiger partial charge in [-0.3, -0.25) is 0 Å². The summed E-state index contributed by atoms with van der Waals surface area (Å²) in [4.78, 5) is 2.39. The standard InChI is InChI=1S/C25H43N/c1-5-7-8-9-10-11-12-13-14-18-22-25(6-2,26(3)4)23-21-24-19-16-15-17-20-24/h6,15-17,19-20H,2,5,7-14,18,21-23H2,1,3-4H3. The van der Waals surface area contributed by atoms with Crippen molar-refractivity contribution in [2.45, 2.75) is 95.9 Å². The van der Waals surface area contributed by atoms with Gasteiger partial charge in [0.15, 0.2) is 0 Å². The Bertz CT molecular complexity index is 450. The quantitative estimate of drug-likeness (QED) is 0.220. The molecule has 0 aliphatic heterocycles. The number of benzene rings is 1. The minimum Gasteiger partial charge on any atom is -0.300 e. The monoisotopic (exact) mass is 357 g/mol. The average Bonchev–Trinajstić information content (AvgIpc) is 2.66. The van der Waals surface area contributed by atoms with Crippen molar-refractivity contribution < 1.29 is 0 Å². The summed E-state index contributed by atoms with van der Waals surface area (Å²) in [5.74, 6) is 0. The molecule has 1 aromatic rings. The van der Waals surface area contributed by atoms with Crippen molar-refractivity contribution in [1.29, 1.82) is 0 Å². The third kappa shape index (κ3) is 9.03. The molecule has 0 aromatic heterocycles. The van der Waals surface area contributed by atoms with Crippen LogP contribution in [0.3, 0.4) is 0 Å². The van der Waals surface area contributed by atoms with E-state index in [-0.39, 0.29) is 5.54 Å². The van der Waals surface area contributed by atoms with Gasteiger partial charge in [-0.15, -0.1) is 6.58 Å². The van der Waals surface area contributed by atoms with Crippen LogP contribution in [0.25, 0.3) is 0 Å². The maximum absolute atomic E-state index is 4.19. The third-order valence-electron chi connectivity index (χ3n) is 5.92. The van der Waals surface area contributed by atoms with Gasteiger partial charge in [-0.1, -0.05) is 108 Å². The van der Waals surface area contributed by atoms with Gasteiger partial charge in [0.2, 0.25) is 0 Å². The molecule has 1 atom stereocenters. The van der Waals surface area contributed by atoms with Crippen molar-refractivity contribution in [3.8, 4) is 0 Å². The zero-order chi connectivity index (χ0) is 19.1. The molecule has 0 spiro atoms. The molecule has 1 rings (SSSR count). The van der Waals surface area contributed by atoms with E-state index < -0.39 is 0 Å². The van der Waals surface area contributed by atoms with E-state index in [1.165, 1.54) is 76.2 Å². The molecule has 0 amide bonds. The molecule has 0 heterocycles. The van der Waals surface area contributed by atoms with Gasteiger partial charge in [0.25, 0.3) is 0 Å². The van der Waals surface area contributed by atoms with Crippen molar-refractivity contribution in [3.63, 3.8) is 0 Å². The largest absolute Gasteiger partial charge is 0.300 e. The second-order valence-electron chi connectivity index (χ2n) is 8.12. The minimum absolute atomic E-state index is 0.135. The van der Waals surface area contributed by atoms with Gasteiger partial charge in [0, 0.05) is 5.54 Å². The Morgan fingerprint density at radius 1 is 0.808 bits per heavy atom. The van der Waals surface area contributed by atoms with Crippen LogP contribution in [0.1, 0.15) is 89.5 Å². The first-order chi connectivity index (χ1) is 12.6. The van der Waals surface area contributed by atoms with Gasteiger partial charge < -0.3 is 4.90 Å². The smallest absolute Gasteiger partial charge is 0.0385 e. The van der Waals surface area contributed by atoms with E-state index in [4.69, 9.17) is 0 Å². The highest BCUT2D eigenvalue weighted by molar-refractivity contribution is 5.16. The number of aryl methyl sites for hydroxylation is 1. The van der Waals surface area contributed by atoms with Crippen molar-refractivity contribution in [2.24, 2.45) is 0 Å². The summed E-state index contributed by atoms with van der Waals surface area (Å²) in [6.07, 6.45) is 19.7. The minimum atomic E-state index is 0.135. The van der Waals surface area contributed by atoms with Crippen molar-refractivity contribution in [1.82, 2.24) is 4.90 Å². The number of unbranched alkanes of at least 4 members (excludes halogenated alkanes) is 9. The Labute approximate surface area is 163 Å². The molecule has 1 nitrogen and oxygen atoms in total. The summed E-state index contributed by atoms with van der Waals surface area (Å²) in [5, 5.41) is 0. The van der Waals surface area contributed by atoms with Gasteiger partial charge in [-0.05, 0) is 38.9 Å². The van der Waals surface area contributed by atoms with Crippen LogP contribution < -0.4 is 0 Å². The average molecular weight is 358 g/mol. The highest BCUT2D eigenvalue weighted by atomic mass is 15.1. The Morgan fingerprint density at radius 2 is 1.35 bits per heavy atom. The molecule has 0 saturated heterocycles. The molecule has 0 bridgehead atoms. The molecule has 1 unspecified atom stereocenters. The Morgan fingerprint density at radius 3 is 1.85 bits per heavy atom. The highest BCUT2D eigenvalue weighted by Crippen LogP contribution is 2.28. The molecule has 1 heteroatoms. The second kappa shape index (κ2) is 14.0. The molecule has 0 saturated carbocycles. The van der Waals surface area contributed by atoms with Gasteiger partial charge in [-0.25, -0.2) is 0 Å². The van der Waals surface area contributed by atoms with E-state index in [9.17, 15) is 0 Å². The summed E-state index contributed by atoms with van der Waals surface area (Å²) in [6, 6.07) is 10.9. The third-order valence-corrected chi connectivity index (χ3v) is 5.92. The van der Waals surface area contributed by atoms with Crippen molar-refractivity contribution >= 4 is 0 Å². The summed E-state index contributed by atoms with van der Waals surface area (Å²) < 4.78 is 0. The Hall–Kier alpha value is -1.08. The van der Waals surface area contributed by atoms with Crippen LogP contribution in [0.15, 0.2) is 43.0 Å². The summed E-state index contributed by atoms with van der Waals surface area (Å²) in [6.45, 7) is 6.48. The molecule has 26 heavy (non-hydrogen) atoms. The first-order valence-corrected chi connectivity index (χ1v) is 11.0. The zero-order valence-electron chi connectivity index (χ0n) is 17.8. The lowest BCUT2D eigenvalue weighted by molar-refractivity contribution is 0.176. The number of rotatable bonds is 16. The molecule has 1 aromatic carbocycles. The Kier molecular flexibility index (Phi) is 12.4. The molecule has 0 N–H and O–H groups in total. The van der Waals surface area contributed by atoms with Crippen LogP contribution in [0, 0.1) is 0 Å². The number of hydrogen-bond donors (Lipinski definition) is 0. The van der Waals surface area contributed by atoms with Gasteiger partial charge in [-0.2, -0.15) is 0 Å². The molecule has 0 aliphatic rings. The SMILES string of the molecule is C=CC(CCCCCCCCCCCC)(CCc1ccccc1)N(C)C. The summed E-state index contributed by atoms with van der Waals surface area (Å²) in [7, 11) is 4.42. The lowest BCUT2D eigenvalue weighted by Gasteiger charge is -2.38. The lowest BCUT2D eigenvalue weighted by Crippen LogP contribution is -2.42. The van der Waals surface area contributed by atoms with E-state index in [0.29, 0.717) is 0 Å². The molecular weight excluding hydrogens is 314 g/mol. The lowest BCUT2D eigenvalue weighted by atomic mass is 9.84. The maximum atomic E-state index is 4.19. The fourth-order valence-electron chi connectivity index (χ4n) is 3.88. The Balaban J connectivity index is 2.26. The summed E-state index contributed by atoms with van der Waals surface area (Å²) in [5.41, 5.74) is 1.57. The fourth-order valence-corrected chi connectivity index (χ4v) is 3.88. The van der Waals surface area contributed by atoms with Crippen LogP contribution in [0.2, 0.25) is 0 Å². The van der Waals surface area contributed by atoms with Crippen LogP contribution in [0.4, 0.5) is 0 Å². The van der Waals surface area contributed by atoms with Crippen LogP contribution in [-0.4, -0.2) is 24.5 Å². The number of nitrogens with zero attached hydrogens (tertiary/aromatic N) is 1. The molecule has 0 radical (unpaired) electrons. The van der Waals surface area contributed by atoms with Crippen LogP contribution in [-0.2, 0) is 6.42 Å². The predicted molar refractivity (Wildman–Crippen MR) is 118 cm³/mol. The van der Waals surface area contributed by atoms with Gasteiger partial charge in [0.1, 0.15) is 0 Å². The first-order valence-electron chi connectivity index (χ1n) is 11.0. The number of hydrogen-bond acceptors (Lipinski definition) is 1. The second-order valence-corrected chi connectivity index (χ2v) is 8.12. The first kappa shape index (κ1) is 23.0. The van der Waals surface area contributed by atoms with Crippen molar-refractivity contribution in [2.75, 3.05) is 14.1 Å². The molecule has 0 fully saturated rings. The fraction of sp³-hybridized carbons (Fsp3) is 0.680. The molecular formula is C25H43N. The van der Waals surface area contributed by atoms with E-state index in [1.54, 1.807) is 0 Å². The van der Waals surface area contributed by atoms with E-state index in [2.05, 4.69) is 68.9 Å². The summed E-state index contributed by atoms with van der Waals surface area (Å²) >= 11 is 0. The normalized spacial score (nSPS) is 13.7. The van der Waals surface area contributed by atoms with Crippen molar-refractivity contribution in [3.05, 3.63) is 48.6 Å².